The molecular weight excluding hydrogens is 370 g/mol. The Morgan fingerprint density at radius 1 is 1.30 bits per heavy atom. The van der Waals surface area contributed by atoms with Gasteiger partial charge in [0.25, 0.3) is 10.0 Å². The zero-order valence-electron chi connectivity index (χ0n) is 10.1. The molecule has 0 saturated carbocycles. The van der Waals surface area contributed by atoms with Crippen LogP contribution in [0.1, 0.15) is 0 Å². The highest BCUT2D eigenvalue weighted by Crippen LogP contribution is 2.31. The molecule has 2 aliphatic heterocycles. The summed E-state index contributed by atoms with van der Waals surface area (Å²) in [5.41, 5.74) is 0. The molecule has 3 rings (SSSR count). The highest BCUT2D eigenvalue weighted by Gasteiger charge is 2.45. The smallest absolute Gasteiger partial charge is 0.324 e. The van der Waals surface area contributed by atoms with Gasteiger partial charge < -0.3 is 5.32 Å². The summed E-state index contributed by atoms with van der Waals surface area (Å²) in [6.45, 7) is 0.286. The second-order valence-electron chi connectivity index (χ2n) is 4.46. The first-order valence-corrected chi connectivity index (χ1v) is 8.80. The molecule has 3 amide bonds. The lowest BCUT2D eigenvalue weighted by Crippen LogP contribution is -2.62. The zero-order chi connectivity index (χ0) is 14.5. The number of thiophene rings is 1. The average molecular weight is 380 g/mol. The molecule has 0 unspecified atom stereocenters. The van der Waals surface area contributed by atoms with Gasteiger partial charge in [0.05, 0.1) is 16.4 Å². The number of urea groups is 1. The Morgan fingerprint density at radius 2 is 2.00 bits per heavy atom. The Kier molecular flexibility index (Phi) is 3.35. The van der Waals surface area contributed by atoms with Crippen molar-refractivity contribution in [3.63, 3.8) is 0 Å². The van der Waals surface area contributed by atoms with Gasteiger partial charge in [0.15, 0.2) is 0 Å². The standard InChI is InChI=1S/C10H10BrN3O4S2/c11-7-1-2-9(19-7)20(17,18)13-4-6(5-13)14-8(15)3-12-10(14)16/h1-2,6H,3-5H2,(H,12,16). The average Bonchev–Trinajstić information content (AvgIpc) is 2.88. The van der Waals surface area contributed by atoms with E-state index in [0.29, 0.717) is 0 Å². The maximum atomic E-state index is 12.3. The molecule has 10 heteroatoms. The number of rotatable bonds is 3. The molecule has 0 atom stereocenters. The molecule has 1 N–H and O–H groups in total. The quantitative estimate of drug-likeness (QED) is 0.771. The minimum absolute atomic E-state index is 0.0139. The number of hydrogen-bond acceptors (Lipinski definition) is 5. The van der Waals surface area contributed by atoms with Crippen LogP contribution in [0.25, 0.3) is 0 Å². The largest absolute Gasteiger partial charge is 0.329 e. The van der Waals surface area contributed by atoms with Crippen LogP contribution in [0.2, 0.25) is 0 Å². The van der Waals surface area contributed by atoms with E-state index in [9.17, 15) is 18.0 Å². The van der Waals surface area contributed by atoms with E-state index < -0.39 is 16.1 Å². The Morgan fingerprint density at radius 3 is 2.50 bits per heavy atom. The Bertz CT molecular complexity index is 664. The van der Waals surface area contributed by atoms with Crippen molar-refractivity contribution in [2.45, 2.75) is 10.3 Å². The fourth-order valence-electron chi connectivity index (χ4n) is 2.14. The second kappa shape index (κ2) is 4.79. The summed E-state index contributed by atoms with van der Waals surface area (Å²) in [5, 5.41) is 2.42. The van der Waals surface area contributed by atoms with E-state index in [-0.39, 0.29) is 35.8 Å². The molecule has 1 aromatic heterocycles. The molecule has 0 radical (unpaired) electrons. The minimum Gasteiger partial charge on any atom is -0.329 e. The number of carbonyl (C=O) groups is 2. The third-order valence-corrected chi connectivity index (χ3v) is 7.14. The molecule has 3 heterocycles. The Hall–Kier alpha value is -0.970. The van der Waals surface area contributed by atoms with Crippen LogP contribution in [-0.4, -0.2) is 55.2 Å². The molecule has 0 spiro atoms. The van der Waals surface area contributed by atoms with Gasteiger partial charge in [-0.25, -0.2) is 13.2 Å². The van der Waals surface area contributed by atoms with E-state index >= 15 is 0 Å². The fraction of sp³-hybridized carbons (Fsp3) is 0.400. The summed E-state index contributed by atoms with van der Waals surface area (Å²) in [4.78, 5) is 24.1. The Labute approximate surface area is 127 Å². The summed E-state index contributed by atoms with van der Waals surface area (Å²) in [6, 6.07) is 2.39. The lowest BCUT2D eigenvalue weighted by molar-refractivity contribution is -0.128. The molecule has 108 valence electrons. The van der Waals surface area contributed by atoms with Crippen molar-refractivity contribution in [3.05, 3.63) is 15.9 Å². The van der Waals surface area contributed by atoms with E-state index in [4.69, 9.17) is 0 Å². The first-order chi connectivity index (χ1) is 9.39. The Balaban J connectivity index is 1.71. The number of amides is 3. The molecule has 0 aromatic carbocycles. The third-order valence-electron chi connectivity index (χ3n) is 3.21. The van der Waals surface area contributed by atoms with Gasteiger partial charge in [-0.1, -0.05) is 0 Å². The van der Waals surface area contributed by atoms with Gasteiger partial charge in [-0.05, 0) is 28.1 Å². The molecule has 0 aliphatic carbocycles. The predicted octanol–water partition coefficient (Wildman–Crippen LogP) is 0.435. The number of carbonyl (C=O) groups excluding carboxylic acids is 2. The normalized spacial score (nSPS) is 21.1. The van der Waals surface area contributed by atoms with Crippen molar-refractivity contribution in [2.75, 3.05) is 19.6 Å². The second-order valence-corrected chi connectivity index (χ2v) is 9.08. The van der Waals surface area contributed by atoms with Crippen molar-refractivity contribution in [1.29, 1.82) is 0 Å². The summed E-state index contributed by atoms with van der Waals surface area (Å²) in [6.07, 6.45) is 0. The summed E-state index contributed by atoms with van der Waals surface area (Å²) in [7, 11) is -3.53. The number of nitrogens with zero attached hydrogens (tertiary/aromatic N) is 2. The summed E-state index contributed by atoms with van der Waals surface area (Å²) < 4.78 is 26.8. The lowest BCUT2D eigenvalue weighted by atomic mass is 10.1. The minimum atomic E-state index is -3.53. The molecule has 7 nitrogen and oxygen atoms in total. The van der Waals surface area contributed by atoms with Crippen molar-refractivity contribution >= 4 is 49.2 Å². The van der Waals surface area contributed by atoms with Gasteiger partial charge in [-0.3, -0.25) is 9.69 Å². The van der Waals surface area contributed by atoms with E-state index in [0.717, 1.165) is 20.0 Å². The molecule has 2 saturated heterocycles. The van der Waals surface area contributed by atoms with Crippen LogP contribution < -0.4 is 5.32 Å². The van der Waals surface area contributed by atoms with Gasteiger partial charge >= 0.3 is 6.03 Å². The number of nitrogens with one attached hydrogen (secondary N) is 1. The molecule has 0 bridgehead atoms. The molecule has 2 aliphatic rings. The highest BCUT2D eigenvalue weighted by atomic mass is 79.9. The maximum Gasteiger partial charge on any atom is 0.324 e. The highest BCUT2D eigenvalue weighted by molar-refractivity contribution is 9.11. The van der Waals surface area contributed by atoms with E-state index in [2.05, 4.69) is 21.2 Å². The monoisotopic (exact) mass is 379 g/mol. The topological polar surface area (TPSA) is 86.8 Å². The van der Waals surface area contributed by atoms with Gasteiger partial charge in [-0.2, -0.15) is 4.31 Å². The number of halogens is 1. The van der Waals surface area contributed by atoms with Crippen LogP contribution in [0.5, 0.6) is 0 Å². The van der Waals surface area contributed by atoms with Crippen LogP contribution in [-0.2, 0) is 14.8 Å². The van der Waals surface area contributed by atoms with Crippen LogP contribution in [0.4, 0.5) is 4.79 Å². The van der Waals surface area contributed by atoms with E-state index in [1.807, 2.05) is 0 Å². The van der Waals surface area contributed by atoms with Crippen molar-refractivity contribution in [1.82, 2.24) is 14.5 Å². The van der Waals surface area contributed by atoms with Crippen LogP contribution in [0, 0.1) is 0 Å². The van der Waals surface area contributed by atoms with Crippen LogP contribution in [0.3, 0.4) is 0 Å². The molecule has 20 heavy (non-hydrogen) atoms. The zero-order valence-corrected chi connectivity index (χ0v) is 13.3. The molecule has 2 fully saturated rings. The van der Waals surface area contributed by atoms with Crippen LogP contribution in [0.15, 0.2) is 20.1 Å². The third kappa shape index (κ3) is 2.16. The first kappa shape index (κ1) is 14.0. The lowest BCUT2D eigenvalue weighted by Gasteiger charge is -2.41. The first-order valence-electron chi connectivity index (χ1n) is 5.75. The summed E-state index contributed by atoms with van der Waals surface area (Å²) >= 11 is 4.36. The molecular formula is C10H10BrN3O4S2. The summed E-state index contributed by atoms with van der Waals surface area (Å²) in [5.74, 6) is -0.309. The van der Waals surface area contributed by atoms with Crippen molar-refractivity contribution in [3.8, 4) is 0 Å². The molecule has 1 aromatic rings. The van der Waals surface area contributed by atoms with E-state index in [1.165, 1.54) is 10.4 Å². The number of hydrogen-bond donors (Lipinski definition) is 1. The van der Waals surface area contributed by atoms with Gasteiger partial charge in [0.1, 0.15) is 4.21 Å². The van der Waals surface area contributed by atoms with E-state index in [1.54, 1.807) is 6.07 Å². The number of imide groups is 1. The predicted molar refractivity (Wildman–Crippen MR) is 74.8 cm³/mol. The maximum absolute atomic E-state index is 12.3. The SMILES string of the molecule is O=C1CNC(=O)N1C1CN(S(=O)(=O)c2ccc(Br)s2)C1. The van der Waals surface area contributed by atoms with Crippen molar-refractivity contribution < 1.29 is 18.0 Å². The number of sulfonamides is 1. The fourth-order valence-corrected chi connectivity index (χ4v) is 5.82. The van der Waals surface area contributed by atoms with Crippen molar-refractivity contribution in [2.24, 2.45) is 0 Å². The van der Waals surface area contributed by atoms with Gasteiger partial charge in [0.2, 0.25) is 5.91 Å². The van der Waals surface area contributed by atoms with Gasteiger partial charge in [-0.15, -0.1) is 11.3 Å². The van der Waals surface area contributed by atoms with Gasteiger partial charge in [0, 0.05) is 13.1 Å². The van der Waals surface area contributed by atoms with Crippen LogP contribution >= 0.6 is 27.3 Å².